The number of benzene rings is 2. The zero-order valence-corrected chi connectivity index (χ0v) is 12.0. The van der Waals surface area contributed by atoms with Crippen LogP contribution in [0.3, 0.4) is 0 Å². The average molecular weight is 292 g/mol. The molecule has 0 radical (unpaired) electrons. The van der Waals surface area contributed by atoms with E-state index in [1.54, 1.807) is 29.7 Å². The predicted octanol–water partition coefficient (Wildman–Crippen LogP) is 4.39. The Kier molecular flexibility index (Phi) is 4.77. The van der Waals surface area contributed by atoms with E-state index in [-0.39, 0.29) is 0 Å². The van der Waals surface area contributed by atoms with Crippen molar-refractivity contribution in [1.29, 1.82) is 0 Å². The highest BCUT2D eigenvalue weighted by atomic mass is 35.5. The molecule has 1 atom stereocenters. The highest BCUT2D eigenvalue weighted by Gasteiger charge is 1.96. The second kappa shape index (κ2) is 6.55. The maximum atomic E-state index is 11.8. The van der Waals surface area contributed by atoms with Crippen molar-refractivity contribution in [2.75, 3.05) is 4.72 Å². The fraction of sp³-hybridized carbons (Fsp3) is 0.0667. The molecule has 0 aliphatic heterocycles. The third kappa shape index (κ3) is 4.54. The van der Waals surface area contributed by atoms with E-state index in [1.807, 2.05) is 37.3 Å². The Bertz CT molecular complexity index is 591. The van der Waals surface area contributed by atoms with Crippen LogP contribution in [0.25, 0.3) is 6.08 Å². The van der Waals surface area contributed by atoms with Gasteiger partial charge in [0.15, 0.2) is 0 Å². The number of halogens is 1. The summed E-state index contributed by atoms with van der Waals surface area (Å²) in [5, 5.41) is 2.28. The van der Waals surface area contributed by atoms with Crippen molar-refractivity contribution in [2.24, 2.45) is 0 Å². The Morgan fingerprint density at radius 2 is 1.68 bits per heavy atom. The summed E-state index contributed by atoms with van der Waals surface area (Å²) in [6, 6.07) is 15.1. The molecule has 2 aromatic carbocycles. The highest BCUT2D eigenvalue weighted by molar-refractivity contribution is 7.89. The van der Waals surface area contributed by atoms with Crippen molar-refractivity contribution in [3.63, 3.8) is 0 Å². The van der Waals surface area contributed by atoms with E-state index >= 15 is 0 Å². The lowest BCUT2D eigenvalue weighted by molar-refractivity contribution is 0.691. The first kappa shape index (κ1) is 13.8. The smallest absolute Gasteiger partial charge is 0.142 e. The molecule has 19 heavy (non-hydrogen) atoms. The number of hydrogen-bond donors (Lipinski definition) is 1. The fourth-order valence-corrected chi connectivity index (χ4v) is 2.33. The Hall–Kier alpha value is -1.58. The van der Waals surface area contributed by atoms with E-state index in [1.165, 1.54) is 5.56 Å². The lowest BCUT2D eigenvalue weighted by Crippen LogP contribution is -1.99. The summed E-state index contributed by atoms with van der Waals surface area (Å²) in [5.74, 6) is 0. The molecule has 2 rings (SSSR count). The Balaban J connectivity index is 1.97. The predicted molar refractivity (Wildman–Crippen MR) is 83.4 cm³/mol. The average Bonchev–Trinajstić information content (AvgIpc) is 2.41. The van der Waals surface area contributed by atoms with Crippen LogP contribution in [0.15, 0.2) is 53.9 Å². The van der Waals surface area contributed by atoms with Crippen LogP contribution in [0.5, 0.6) is 0 Å². The standard InChI is InChI=1S/C15H14ClNOS/c1-12-2-4-13(5-3-12)10-11-19(18)17-15-8-6-14(16)7-9-15/h2-11,17H,1H3/b11-10+. The number of nitrogens with one attached hydrogen (secondary N) is 1. The van der Waals surface area contributed by atoms with Crippen LogP contribution in [-0.2, 0) is 11.0 Å². The van der Waals surface area contributed by atoms with Gasteiger partial charge in [-0.25, -0.2) is 4.21 Å². The van der Waals surface area contributed by atoms with Gasteiger partial charge in [-0.2, -0.15) is 0 Å². The fourth-order valence-electron chi connectivity index (χ4n) is 1.49. The molecule has 1 N–H and O–H groups in total. The van der Waals surface area contributed by atoms with Gasteiger partial charge in [0, 0.05) is 16.1 Å². The summed E-state index contributed by atoms with van der Waals surface area (Å²) in [6.45, 7) is 2.04. The Morgan fingerprint density at radius 3 is 2.32 bits per heavy atom. The van der Waals surface area contributed by atoms with Crippen LogP contribution in [0.4, 0.5) is 5.69 Å². The van der Waals surface area contributed by atoms with E-state index in [4.69, 9.17) is 11.6 Å². The molecule has 0 aliphatic carbocycles. The minimum atomic E-state index is -1.26. The first-order valence-electron chi connectivity index (χ1n) is 5.81. The van der Waals surface area contributed by atoms with Crippen LogP contribution in [0, 0.1) is 6.92 Å². The van der Waals surface area contributed by atoms with Crippen molar-refractivity contribution in [3.8, 4) is 0 Å². The summed E-state index contributed by atoms with van der Waals surface area (Å²) >= 11 is 5.78. The Morgan fingerprint density at radius 1 is 1.05 bits per heavy atom. The zero-order valence-electron chi connectivity index (χ0n) is 10.5. The van der Waals surface area contributed by atoms with Crippen molar-refractivity contribution >= 4 is 34.3 Å². The molecule has 4 heteroatoms. The summed E-state index contributed by atoms with van der Waals surface area (Å²) in [7, 11) is -1.26. The van der Waals surface area contributed by atoms with Gasteiger partial charge in [0.25, 0.3) is 0 Å². The van der Waals surface area contributed by atoms with Crippen LogP contribution in [-0.4, -0.2) is 4.21 Å². The third-order valence-electron chi connectivity index (χ3n) is 2.52. The van der Waals surface area contributed by atoms with Crippen molar-refractivity contribution < 1.29 is 4.21 Å². The lowest BCUT2D eigenvalue weighted by atomic mass is 10.2. The van der Waals surface area contributed by atoms with Gasteiger partial charge in [-0.15, -0.1) is 0 Å². The monoisotopic (exact) mass is 291 g/mol. The molecule has 0 saturated heterocycles. The van der Waals surface area contributed by atoms with Gasteiger partial charge in [-0.05, 0) is 42.8 Å². The van der Waals surface area contributed by atoms with E-state index < -0.39 is 11.0 Å². The normalized spacial score (nSPS) is 12.5. The van der Waals surface area contributed by atoms with Crippen molar-refractivity contribution in [1.82, 2.24) is 0 Å². The largest absolute Gasteiger partial charge is 0.302 e. The number of hydrogen-bond acceptors (Lipinski definition) is 1. The molecule has 0 aliphatic rings. The number of rotatable bonds is 4. The molecule has 2 nitrogen and oxygen atoms in total. The quantitative estimate of drug-likeness (QED) is 0.889. The maximum absolute atomic E-state index is 11.8. The van der Waals surface area contributed by atoms with Crippen molar-refractivity contribution in [3.05, 3.63) is 70.1 Å². The molecule has 0 heterocycles. The van der Waals surface area contributed by atoms with Crippen LogP contribution in [0.2, 0.25) is 5.02 Å². The van der Waals surface area contributed by atoms with Gasteiger partial charge in [0.1, 0.15) is 11.0 Å². The molecule has 1 unspecified atom stereocenters. The number of aryl methyl sites for hydroxylation is 1. The maximum Gasteiger partial charge on any atom is 0.142 e. The van der Waals surface area contributed by atoms with Gasteiger partial charge in [-0.3, -0.25) is 0 Å². The third-order valence-corrected chi connectivity index (χ3v) is 3.60. The topological polar surface area (TPSA) is 29.1 Å². The van der Waals surface area contributed by atoms with Gasteiger partial charge in [-0.1, -0.05) is 41.4 Å². The minimum absolute atomic E-state index is 0.659. The molecular weight excluding hydrogens is 278 g/mol. The first-order valence-corrected chi connectivity index (χ1v) is 7.40. The van der Waals surface area contributed by atoms with Crippen LogP contribution >= 0.6 is 11.6 Å². The molecule has 98 valence electrons. The number of anilines is 1. The van der Waals surface area contributed by atoms with Gasteiger partial charge < -0.3 is 4.72 Å². The summed E-state index contributed by atoms with van der Waals surface area (Å²) in [4.78, 5) is 0. The molecule has 2 aromatic rings. The molecule has 0 aromatic heterocycles. The Labute approximate surface area is 120 Å². The van der Waals surface area contributed by atoms with E-state index in [2.05, 4.69) is 4.72 Å². The van der Waals surface area contributed by atoms with Gasteiger partial charge >= 0.3 is 0 Å². The molecule has 0 amide bonds. The van der Waals surface area contributed by atoms with E-state index in [0.717, 1.165) is 11.3 Å². The summed E-state index contributed by atoms with van der Waals surface area (Å²) in [6.07, 6.45) is 1.83. The van der Waals surface area contributed by atoms with E-state index in [9.17, 15) is 4.21 Å². The van der Waals surface area contributed by atoms with Gasteiger partial charge in [0.05, 0.1) is 0 Å². The zero-order chi connectivity index (χ0) is 13.7. The minimum Gasteiger partial charge on any atom is -0.302 e. The highest BCUT2D eigenvalue weighted by Crippen LogP contribution is 2.14. The molecular formula is C15H14ClNOS. The molecule has 0 saturated carbocycles. The van der Waals surface area contributed by atoms with E-state index in [0.29, 0.717) is 5.02 Å². The molecule has 0 fully saturated rings. The first-order chi connectivity index (χ1) is 9.13. The van der Waals surface area contributed by atoms with Gasteiger partial charge in [0.2, 0.25) is 0 Å². The summed E-state index contributed by atoms with van der Waals surface area (Å²) < 4.78 is 14.7. The van der Waals surface area contributed by atoms with Crippen molar-refractivity contribution in [2.45, 2.75) is 6.92 Å². The second-order valence-electron chi connectivity index (χ2n) is 4.12. The van der Waals surface area contributed by atoms with Crippen LogP contribution in [0.1, 0.15) is 11.1 Å². The molecule has 0 spiro atoms. The summed E-state index contributed by atoms with van der Waals surface area (Å²) in [5.41, 5.74) is 3.01. The SMILES string of the molecule is Cc1ccc(/C=C/S(=O)Nc2ccc(Cl)cc2)cc1. The lowest BCUT2D eigenvalue weighted by Gasteiger charge is -2.02. The molecule has 0 bridgehead atoms. The van der Waals surface area contributed by atoms with Crippen LogP contribution < -0.4 is 4.72 Å². The second-order valence-corrected chi connectivity index (χ2v) is 5.63.